The highest BCUT2D eigenvalue weighted by atomic mass is 15.5. The van der Waals surface area contributed by atoms with Crippen LogP contribution in [0.15, 0.2) is 35.3 Å². The first kappa shape index (κ1) is 8.35. The molecule has 2 heterocycles. The second kappa shape index (κ2) is 3.31. The molecule has 4 nitrogen and oxygen atoms in total. The Balaban J connectivity index is 1.88. The lowest BCUT2D eigenvalue weighted by Crippen LogP contribution is -2.26. The van der Waals surface area contributed by atoms with Gasteiger partial charge in [-0.15, -0.1) is 0 Å². The highest BCUT2D eigenvalue weighted by Crippen LogP contribution is 2.18. The number of hydrogen-bond donors (Lipinski definition) is 2. The summed E-state index contributed by atoms with van der Waals surface area (Å²) in [5, 5.41) is 3.20. The minimum Gasteiger partial charge on any atom is -0.340 e. The van der Waals surface area contributed by atoms with E-state index in [2.05, 4.69) is 33.6 Å². The molecule has 1 aromatic heterocycles. The Kier molecular flexibility index (Phi) is 1.84. The summed E-state index contributed by atoms with van der Waals surface area (Å²) in [6.07, 6.45) is 1.82. The fraction of sp³-hybridized carbons (Fsp3) is 0.182. The summed E-state index contributed by atoms with van der Waals surface area (Å²) < 4.78 is 0. The summed E-state index contributed by atoms with van der Waals surface area (Å²) in [6.45, 7) is 1.79. The summed E-state index contributed by atoms with van der Waals surface area (Å²) in [5.74, 6) is 1.00. The smallest absolute Gasteiger partial charge is 0.123 e. The number of fused-ring (bicyclic) bond motifs is 1. The highest BCUT2D eigenvalue weighted by molar-refractivity contribution is 5.83. The molecule has 4 heteroatoms. The van der Waals surface area contributed by atoms with E-state index >= 15 is 0 Å². The molecule has 76 valence electrons. The average molecular weight is 200 g/mol. The van der Waals surface area contributed by atoms with Gasteiger partial charge in [0.25, 0.3) is 0 Å². The number of anilines is 1. The first-order valence-electron chi connectivity index (χ1n) is 5.03. The Morgan fingerprint density at radius 2 is 2.27 bits per heavy atom. The fourth-order valence-corrected chi connectivity index (χ4v) is 1.75. The Labute approximate surface area is 87.6 Å². The third-order valence-corrected chi connectivity index (χ3v) is 2.49. The molecule has 2 N–H and O–H groups in total. The summed E-state index contributed by atoms with van der Waals surface area (Å²) in [7, 11) is 0. The summed E-state index contributed by atoms with van der Waals surface area (Å²) >= 11 is 0. The number of para-hydroxylation sites is 1. The number of aromatic nitrogens is 1. The van der Waals surface area contributed by atoms with Gasteiger partial charge in [0.1, 0.15) is 12.2 Å². The van der Waals surface area contributed by atoms with E-state index in [1.807, 2.05) is 23.5 Å². The van der Waals surface area contributed by atoms with Gasteiger partial charge in [-0.3, -0.25) is 15.4 Å². The Morgan fingerprint density at radius 1 is 1.33 bits per heavy atom. The quantitative estimate of drug-likeness (QED) is 0.776. The van der Waals surface area contributed by atoms with Gasteiger partial charge < -0.3 is 4.98 Å². The molecule has 0 radical (unpaired) electrons. The topological polar surface area (TPSA) is 43.4 Å². The second-order valence-electron chi connectivity index (χ2n) is 3.60. The van der Waals surface area contributed by atoms with Crippen molar-refractivity contribution in [1.82, 2.24) is 9.99 Å². The molecule has 0 amide bonds. The number of aliphatic imine (C=N–C) groups is 1. The van der Waals surface area contributed by atoms with Gasteiger partial charge in [0.15, 0.2) is 0 Å². The van der Waals surface area contributed by atoms with E-state index in [-0.39, 0.29) is 0 Å². The zero-order valence-corrected chi connectivity index (χ0v) is 8.27. The molecular formula is C11H12N4. The number of rotatable bonds is 2. The molecule has 0 aliphatic carbocycles. The number of hydrazine groups is 1. The van der Waals surface area contributed by atoms with Crippen molar-refractivity contribution < 1.29 is 0 Å². The molecule has 1 aromatic carbocycles. The van der Waals surface area contributed by atoms with Crippen LogP contribution in [0.4, 0.5) is 5.82 Å². The minimum absolute atomic E-state index is 0.868. The molecule has 0 fully saturated rings. The van der Waals surface area contributed by atoms with Crippen molar-refractivity contribution in [2.75, 3.05) is 18.5 Å². The summed E-state index contributed by atoms with van der Waals surface area (Å²) in [6, 6.07) is 10.3. The van der Waals surface area contributed by atoms with Crippen molar-refractivity contribution in [3.05, 3.63) is 30.3 Å². The number of aromatic amines is 1. The highest BCUT2D eigenvalue weighted by Gasteiger charge is 2.06. The lowest BCUT2D eigenvalue weighted by molar-refractivity contribution is 0.555. The van der Waals surface area contributed by atoms with Crippen LogP contribution >= 0.6 is 0 Å². The van der Waals surface area contributed by atoms with Crippen molar-refractivity contribution in [2.45, 2.75) is 0 Å². The Hall–Kier alpha value is -1.97. The molecule has 3 rings (SSSR count). The molecular weight excluding hydrogens is 188 g/mol. The lowest BCUT2D eigenvalue weighted by Gasteiger charge is -2.14. The van der Waals surface area contributed by atoms with E-state index in [1.54, 1.807) is 0 Å². The third-order valence-electron chi connectivity index (χ3n) is 2.49. The SMILES string of the molecule is C1=NCCN1Nc1cc2ccccc2[nH]1. The van der Waals surface area contributed by atoms with Gasteiger partial charge in [-0.1, -0.05) is 18.2 Å². The molecule has 0 spiro atoms. The van der Waals surface area contributed by atoms with Gasteiger partial charge in [0.2, 0.25) is 0 Å². The van der Waals surface area contributed by atoms with Crippen LogP contribution in [0.25, 0.3) is 10.9 Å². The predicted octanol–water partition coefficient (Wildman–Crippen LogP) is 1.84. The monoisotopic (exact) mass is 200 g/mol. The van der Waals surface area contributed by atoms with Gasteiger partial charge in [0.05, 0.1) is 13.1 Å². The number of nitrogens with zero attached hydrogens (tertiary/aromatic N) is 2. The van der Waals surface area contributed by atoms with Crippen molar-refractivity contribution >= 4 is 23.1 Å². The van der Waals surface area contributed by atoms with E-state index in [0.29, 0.717) is 0 Å². The van der Waals surface area contributed by atoms with Gasteiger partial charge in [0, 0.05) is 10.9 Å². The summed E-state index contributed by atoms with van der Waals surface area (Å²) in [5.41, 5.74) is 4.41. The van der Waals surface area contributed by atoms with Crippen LogP contribution in [0.2, 0.25) is 0 Å². The van der Waals surface area contributed by atoms with E-state index < -0.39 is 0 Å². The maximum absolute atomic E-state index is 4.14. The number of H-pyrrole nitrogens is 1. The second-order valence-corrected chi connectivity index (χ2v) is 3.60. The van der Waals surface area contributed by atoms with Crippen molar-refractivity contribution in [1.29, 1.82) is 0 Å². The zero-order valence-electron chi connectivity index (χ0n) is 8.27. The third kappa shape index (κ3) is 1.54. The van der Waals surface area contributed by atoms with Crippen molar-refractivity contribution in [3.63, 3.8) is 0 Å². The number of benzene rings is 1. The first-order valence-corrected chi connectivity index (χ1v) is 5.03. The molecule has 2 aromatic rings. The Bertz CT molecular complexity index is 467. The van der Waals surface area contributed by atoms with Gasteiger partial charge in [-0.25, -0.2) is 0 Å². The Morgan fingerprint density at radius 3 is 3.07 bits per heavy atom. The molecule has 0 unspecified atom stereocenters. The van der Waals surface area contributed by atoms with Crippen LogP contribution < -0.4 is 5.43 Å². The molecule has 0 bridgehead atoms. The largest absolute Gasteiger partial charge is 0.340 e. The number of hydrogen-bond acceptors (Lipinski definition) is 3. The van der Waals surface area contributed by atoms with Crippen LogP contribution in [0.1, 0.15) is 0 Å². The lowest BCUT2D eigenvalue weighted by atomic mass is 10.2. The zero-order chi connectivity index (χ0) is 10.1. The first-order chi connectivity index (χ1) is 7.42. The fourth-order valence-electron chi connectivity index (χ4n) is 1.75. The van der Waals surface area contributed by atoms with Crippen LogP contribution in [0, 0.1) is 0 Å². The summed E-state index contributed by atoms with van der Waals surface area (Å²) in [4.78, 5) is 7.45. The van der Waals surface area contributed by atoms with Crippen molar-refractivity contribution in [2.24, 2.45) is 4.99 Å². The van der Waals surface area contributed by atoms with Gasteiger partial charge >= 0.3 is 0 Å². The number of nitrogens with one attached hydrogen (secondary N) is 2. The molecule has 0 atom stereocenters. The molecule has 1 aliphatic rings. The van der Waals surface area contributed by atoms with Crippen LogP contribution in [-0.4, -0.2) is 29.4 Å². The molecule has 1 aliphatic heterocycles. The van der Waals surface area contributed by atoms with E-state index in [0.717, 1.165) is 24.4 Å². The molecule has 0 saturated heterocycles. The van der Waals surface area contributed by atoms with Crippen molar-refractivity contribution in [3.8, 4) is 0 Å². The molecule has 0 saturated carbocycles. The maximum atomic E-state index is 4.14. The normalized spacial score (nSPS) is 15.1. The minimum atomic E-state index is 0.868. The van der Waals surface area contributed by atoms with Crippen LogP contribution in [-0.2, 0) is 0 Å². The standard InChI is InChI=1S/C11H12N4/c1-2-4-10-9(3-1)7-11(13-10)14-15-6-5-12-8-15/h1-4,7-8,13-14H,5-6H2. The van der Waals surface area contributed by atoms with Crippen LogP contribution in [0.5, 0.6) is 0 Å². The van der Waals surface area contributed by atoms with E-state index in [9.17, 15) is 0 Å². The van der Waals surface area contributed by atoms with Gasteiger partial charge in [-0.2, -0.15) is 0 Å². The van der Waals surface area contributed by atoms with E-state index in [4.69, 9.17) is 0 Å². The average Bonchev–Trinajstić information content (AvgIpc) is 2.86. The van der Waals surface area contributed by atoms with Gasteiger partial charge in [-0.05, 0) is 12.1 Å². The van der Waals surface area contributed by atoms with Crippen LogP contribution in [0.3, 0.4) is 0 Å². The predicted molar refractivity (Wildman–Crippen MR) is 62.0 cm³/mol. The van der Waals surface area contributed by atoms with E-state index in [1.165, 1.54) is 5.39 Å². The maximum Gasteiger partial charge on any atom is 0.123 e. The molecule has 15 heavy (non-hydrogen) atoms.